The molecule has 0 radical (unpaired) electrons. The van der Waals surface area contributed by atoms with E-state index in [1.54, 1.807) is 6.07 Å². The van der Waals surface area contributed by atoms with E-state index in [1.807, 2.05) is 0 Å². The Morgan fingerprint density at radius 3 is 3.08 bits per heavy atom. The van der Waals surface area contributed by atoms with Gasteiger partial charge < -0.3 is 4.84 Å². The number of rotatable bonds is 3. The molecule has 0 aliphatic rings. The maximum absolute atomic E-state index is 12.9. The molecule has 1 rings (SSSR count). The zero-order valence-corrected chi connectivity index (χ0v) is 7.84. The van der Waals surface area contributed by atoms with Crippen molar-refractivity contribution in [3.8, 4) is 0 Å². The first kappa shape index (κ1) is 9.57. The molecular weight excluding hydrogens is 227 g/mol. The van der Waals surface area contributed by atoms with Crippen LogP contribution < -0.4 is 5.90 Å². The van der Waals surface area contributed by atoms with Gasteiger partial charge in [-0.25, -0.2) is 10.9 Å². The van der Waals surface area contributed by atoms with Crippen molar-refractivity contribution in [2.75, 3.05) is 6.61 Å². The van der Waals surface area contributed by atoms with Gasteiger partial charge in [0.25, 0.3) is 0 Å². The molecule has 0 fully saturated rings. The first-order valence-electron chi connectivity index (χ1n) is 3.35. The van der Waals surface area contributed by atoms with Crippen LogP contribution >= 0.6 is 15.9 Å². The van der Waals surface area contributed by atoms with Crippen LogP contribution in [0, 0.1) is 5.95 Å². The van der Waals surface area contributed by atoms with E-state index >= 15 is 0 Å². The van der Waals surface area contributed by atoms with Crippen molar-refractivity contribution in [2.24, 2.45) is 5.90 Å². The van der Waals surface area contributed by atoms with Crippen LogP contribution in [0.5, 0.6) is 0 Å². The van der Waals surface area contributed by atoms with Gasteiger partial charge in [-0.2, -0.15) is 4.39 Å². The van der Waals surface area contributed by atoms with Crippen molar-refractivity contribution in [1.82, 2.24) is 4.98 Å². The molecule has 0 spiro atoms. The minimum atomic E-state index is -0.477. The lowest BCUT2D eigenvalue weighted by atomic mass is 10.2. The molecule has 5 heteroatoms. The summed E-state index contributed by atoms with van der Waals surface area (Å²) in [6.45, 7) is 0.287. The fraction of sp³-hybridized carbons (Fsp3) is 0.286. The summed E-state index contributed by atoms with van der Waals surface area (Å²) in [5.74, 6) is 4.33. The third kappa shape index (κ3) is 2.51. The lowest BCUT2D eigenvalue weighted by Crippen LogP contribution is -2.05. The highest BCUT2D eigenvalue weighted by Gasteiger charge is 2.03. The number of aromatic nitrogens is 1. The maximum Gasteiger partial charge on any atom is 0.216 e. The summed E-state index contributed by atoms with van der Waals surface area (Å²) in [7, 11) is 0. The molecule has 0 aromatic carbocycles. The minimum absolute atomic E-state index is 0.287. The van der Waals surface area contributed by atoms with Gasteiger partial charge >= 0.3 is 0 Å². The summed E-state index contributed by atoms with van der Waals surface area (Å²) < 4.78 is 13.6. The number of nitrogens with zero attached hydrogens (tertiary/aromatic N) is 1. The summed E-state index contributed by atoms with van der Waals surface area (Å²) in [6, 6.07) is 1.65. The van der Waals surface area contributed by atoms with Gasteiger partial charge in [0.2, 0.25) is 5.95 Å². The van der Waals surface area contributed by atoms with Crippen molar-refractivity contribution >= 4 is 15.9 Å². The predicted octanol–water partition coefficient (Wildman–Crippen LogP) is 1.42. The molecule has 0 aliphatic carbocycles. The maximum atomic E-state index is 12.9. The second-order valence-corrected chi connectivity index (χ2v) is 3.14. The van der Waals surface area contributed by atoms with E-state index in [0.29, 0.717) is 12.0 Å². The molecule has 0 unspecified atom stereocenters. The SMILES string of the molecule is NOCCc1cc(Br)cnc1F. The van der Waals surface area contributed by atoms with Gasteiger partial charge in [-0.05, 0) is 22.0 Å². The number of hydrogen-bond donors (Lipinski definition) is 1. The molecule has 1 aromatic heterocycles. The second-order valence-electron chi connectivity index (χ2n) is 2.22. The van der Waals surface area contributed by atoms with Crippen LogP contribution in [0.15, 0.2) is 16.7 Å². The molecular formula is C7H8BrFN2O. The van der Waals surface area contributed by atoms with Gasteiger partial charge in [0.15, 0.2) is 0 Å². The first-order valence-corrected chi connectivity index (χ1v) is 4.15. The first-order chi connectivity index (χ1) is 5.74. The topological polar surface area (TPSA) is 48.1 Å². The highest BCUT2D eigenvalue weighted by atomic mass is 79.9. The summed E-state index contributed by atoms with van der Waals surface area (Å²) in [5, 5.41) is 0. The Balaban J connectivity index is 2.75. The third-order valence-electron chi connectivity index (χ3n) is 1.37. The molecule has 0 saturated carbocycles. The van der Waals surface area contributed by atoms with E-state index in [2.05, 4.69) is 25.8 Å². The molecule has 1 aromatic rings. The number of halogens is 2. The van der Waals surface area contributed by atoms with E-state index in [9.17, 15) is 4.39 Å². The normalized spacial score (nSPS) is 10.2. The van der Waals surface area contributed by atoms with E-state index in [4.69, 9.17) is 5.90 Å². The average Bonchev–Trinajstić information content (AvgIpc) is 2.07. The van der Waals surface area contributed by atoms with Crippen molar-refractivity contribution in [3.05, 3.63) is 28.2 Å². The number of pyridine rings is 1. The van der Waals surface area contributed by atoms with E-state index < -0.39 is 5.95 Å². The number of nitrogens with two attached hydrogens (primary N) is 1. The Morgan fingerprint density at radius 1 is 1.67 bits per heavy atom. The van der Waals surface area contributed by atoms with Gasteiger partial charge in [-0.1, -0.05) is 0 Å². The monoisotopic (exact) mass is 234 g/mol. The largest absolute Gasteiger partial charge is 0.304 e. The zero-order chi connectivity index (χ0) is 8.97. The Morgan fingerprint density at radius 2 is 2.42 bits per heavy atom. The molecule has 0 bridgehead atoms. The molecule has 0 saturated heterocycles. The number of hydrogen-bond acceptors (Lipinski definition) is 3. The minimum Gasteiger partial charge on any atom is -0.304 e. The van der Waals surface area contributed by atoms with Gasteiger partial charge in [0, 0.05) is 22.7 Å². The average molecular weight is 235 g/mol. The quantitative estimate of drug-likeness (QED) is 0.636. The fourth-order valence-corrected chi connectivity index (χ4v) is 1.19. The lowest BCUT2D eigenvalue weighted by Gasteiger charge is -2.00. The highest BCUT2D eigenvalue weighted by Crippen LogP contribution is 2.13. The van der Waals surface area contributed by atoms with Crippen LogP contribution in [0.4, 0.5) is 4.39 Å². The molecule has 1 heterocycles. The van der Waals surface area contributed by atoms with Crippen LogP contribution in [0.1, 0.15) is 5.56 Å². The van der Waals surface area contributed by atoms with Crippen LogP contribution in [0.3, 0.4) is 0 Å². The second kappa shape index (κ2) is 4.49. The Bertz CT molecular complexity index is 270. The highest BCUT2D eigenvalue weighted by molar-refractivity contribution is 9.10. The van der Waals surface area contributed by atoms with Crippen LogP contribution in [0.25, 0.3) is 0 Å². The zero-order valence-electron chi connectivity index (χ0n) is 6.26. The molecule has 12 heavy (non-hydrogen) atoms. The van der Waals surface area contributed by atoms with Crippen LogP contribution in [-0.4, -0.2) is 11.6 Å². The summed E-state index contributed by atoms with van der Waals surface area (Å²) in [5.41, 5.74) is 0.495. The molecule has 0 aliphatic heterocycles. The Kier molecular flexibility index (Phi) is 3.58. The molecule has 66 valence electrons. The molecule has 0 atom stereocenters. The lowest BCUT2D eigenvalue weighted by molar-refractivity contribution is 0.140. The van der Waals surface area contributed by atoms with Crippen LogP contribution in [-0.2, 0) is 11.3 Å². The fourth-order valence-electron chi connectivity index (χ4n) is 0.809. The molecule has 3 nitrogen and oxygen atoms in total. The van der Waals surface area contributed by atoms with Crippen LogP contribution in [0.2, 0.25) is 0 Å². The Hall–Kier alpha value is -0.520. The van der Waals surface area contributed by atoms with Gasteiger partial charge in [0.1, 0.15) is 0 Å². The van der Waals surface area contributed by atoms with E-state index in [0.717, 1.165) is 4.47 Å². The predicted molar refractivity (Wildman–Crippen MR) is 45.7 cm³/mol. The van der Waals surface area contributed by atoms with Gasteiger partial charge in [-0.15, -0.1) is 0 Å². The molecule has 2 N–H and O–H groups in total. The molecule has 0 amide bonds. The smallest absolute Gasteiger partial charge is 0.216 e. The van der Waals surface area contributed by atoms with E-state index in [-0.39, 0.29) is 6.61 Å². The van der Waals surface area contributed by atoms with Crippen molar-refractivity contribution in [3.63, 3.8) is 0 Å². The van der Waals surface area contributed by atoms with Crippen molar-refractivity contribution in [1.29, 1.82) is 0 Å². The van der Waals surface area contributed by atoms with Gasteiger partial charge in [-0.3, -0.25) is 0 Å². The van der Waals surface area contributed by atoms with Crippen molar-refractivity contribution in [2.45, 2.75) is 6.42 Å². The summed E-state index contributed by atoms with van der Waals surface area (Å²) in [4.78, 5) is 7.85. The Labute approximate surface area is 77.8 Å². The summed E-state index contributed by atoms with van der Waals surface area (Å²) in [6.07, 6.45) is 1.83. The van der Waals surface area contributed by atoms with Gasteiger partial charge in [0.05, 0.1) is 6.61 Å². The van der Waals surface area contributed by atoms with Crippen molar-refractivity contribution < 1.29 is 9.23 Å². The van der Waals surface area contributed by atoms with E-state index in [1.165, 1.54) is 6.20 Å². The third-order valence-corrected chi connectivity index (χ3v) is 1.80. The summed E-state index contributed by atoms with van der Waals surface area (Å²) >= 11 is 3.19. The standard InChI is InChI=1S/C7H8BrFN2O/c8-6-3-5(1-2-12-10)7(9)11-4-6/h3-4H,1-2,10H2.